The first-order valence-electron chi connectivity index (χ1n) is 9.11. The molecule has 3 nitrogen and oxygen atoms in total. The van der Waals surface area contributed by atoms with Crippen molar-refractivity contribution in [3.63, 3.8) is 0 Å². The highest BCUT2D eigenvalue weighted by Crippen LogP contribution is 2.33. The highest BCUT2D eigenvalue weighted by atomic mass is 79.9. The van der Waals surface area contributed by atoms with Crippen LogP contribution in [0.3, 0.4) is 0 Å². The van der Waals surface area contributed by atoms with Crippen molar-refractivity contribution in [3.05, 3.63) is 69.2 Å². The molecule has 26 heavy (non-hydrogen) atoms. The smallest absolute Gasteiger partial charge is 0.223 e. The van der Waals surface area contributed by atoms with Crippen LogP contribution in [-0.2, 0) is 4.79 Å². The third-order valence-electron chi connectivity index (χ3n) is 5.22. The van der Waals surface area contributed by atoms with Crippen molar-refractivity contribution < 1.29 is 9.59 Å². The summed E-state index contributed by atoms with van der Waals surface area (Å²) in [5, 5.41) is 0. The SMILES string of the molecule is Cc1ccc(C(=O)CCC(=O)N2CCCC2c2ccc(Br)cc2)cc1C. The van der Waals surface area contributed by atoms with Crippen molar-refractivity contribution in [1.29, 1.82) is 0 Å². The van der Waals surface area contributed by atoms with E-state index in [1.165, 1.54) is 11.1 Å². The average molecular weight is 414 g/mol. The van der Waals surface area contributed by atoms with Gasteiger partial charge in [0.2, 0.25) is 5.91 Å². The standard InChI is InChI=1S/C22H24BrNO2/c1-15-5-6-18(14-16(15)2)21(25)11-12-22(26)24-13-3-4-20(24)17-7-9-19(23)10-8-17/h5-10,14,20H,3-4,11-13H2,1-2H3. The molecule has 0 saturated carbocycles. The number of amides is 1. The second kappa shape index (κ2) is 8.17. The summed E-state index contributed by atoms with van der Waals surface area (Å²) in [4.78, 5) is 27.1. The zero-order valence-corrected chi connectivity index (χ0v) is 16.9. The Morgan fingerprint density at radius 3 is 2.46 bits per heavy atom. The molecule has 4 heteroatoms. The summed E-state index contributed by atoms with van der Waals surface area (Å²) < 4.78 is 1.04. The second-order valence-electron chi connectivity index (χ2n) is 7.02. The van der Waals surface area contributed by atoms with E-state index in [0.717, 1.165) is 29.4 Å². The van der Waals surface area contributed by atoms with Crippen LogP contribution in [0.4, 0.5) is 0 Å². The molecule has 1 unspecified atom stereocenters. The molecular weight excluding hydrogens is 390 g/mol. The molecule has 1 aliphatic heterocycles. The van der Waals surface area contributed by atoms with Gasteiger partial charge in [0.25, 0.3) is 0 Å². The van der Waals surface area contributed by atoms with E-state index in [9.17, 15) is 9.59 Å². The Balaban J connectivity index is 1.62. The lowest BCUT2D eigenvalue weighted by atomic mass is 10.0. The lowest BCUT2D eigenvalue weighted by Gasteiger charge is -2.25. The van der Waals surface area contributed by atoms with Crippen LogP contribution in [0.2, 0.25) is 0 Å². The average Bonchev–Trinajstić information content (AvgIpc) is 3.12. The summed E-state index contributed by atoms with van der Waals surface area (Å²) in [6.45, 7) is 4.81. The molecule has 0 bridgehead atoms. The summed E-state index contributed by atoms with van der Waals surface area (Å²) in [6.07, 6.45) is 2.54. The first-order valence-corrected chi connectivity index (χ1v) is 9.90. The molecule has 3 rings (SSSR count). The number of carbonyl (C=O) groups excluding carboxylic acids is 2. The molecule has 1 amide bonds. The van der Waals surface area contributed by atoms with Crippen LogP contribution >= 0.6 is 15.9 Å². The van der Waals surface area contributed by atoms with Crippen molar-refractivity contribution in [3.8, 4) is 0 Å². The highest BCUT2D eigenvalue weighted by Gasteiger charge is 2.29. The van der Waals surface area contributed by atoms with Gasteiger partial charge in [-0.1, -0.05) is 40.2 Å². The molecule has 1 heterocycles. The fraction of sp³-hybridized carbons (Fsp3) is 0.364. The van der Waals surface area contributed by atoms with Gasteiger partial charge in [-0.15, -0.1) is 0 Å². The first-order chi connectivity index (χ1) is 12.5. The molecule has 0 N–H and O–H groups in total. The van der Waals surface area contributed by atoms with Gasteiger partial charge < -0.3 is 4.90 Å². The molecule has 1 fully saturated rings. The van der Waals surface area contributed by atoms with Gasteiger partial charge in [0, 0.05) is 29.4 Å². The first kappa shape index (κ1) is 18.8. The zero-order valence-electron chi connectivity index (χ0n) is 15.3. The van der Waals surface area contributed by atoms with Gasteiger partial charge in [0.15, 0.2) is 5.78 Å². The van der Waals surface area contributed by atoms with Crippen molar-refractivity contribution >= 4 is 27.6 Å². The van der Waals surface area contributed by atoms with Crippen LogP contribution in [0, 0.1) is 13.8 Å². The predicted molar refractivity (Wildman–Crippen MR) is 107 cm³/mol. The maximum Gasteiger partial charge on any atom is 0.223 e. The topological polar surface area (TPSA) is 37.4 Å². The Hall–Kier alpha value is -1.94. The van der Waals surface area contributed by atoms with Gasteiger partial charge in [-0.2, -0.15) is 0 Å². The summed E-state index contributed by atoms with van der Waals surface area (Å²) in [5.41, 5.74) is 4.15. The molecular formula is C22H24BrNO2. The number of likely N-dealkylation sites (tertiary alicyclic amines) is 1. The molecule has 0 aromatic heterocycles. The van der Waals surface area contributed by atoms with E-state index in [2.05, 4.69) is 28.1 Å². The molecule has 1 atom stereocenters. The maximum absolute atomic E-state index is 12.7. The van der Waals surface area contributed by atoms with Crippen molar-refractivity contribution in [2.24, 2.45) is 0 Å². The van der Waals surface area contributed by atoms with Crippen LogP contribution in [0.25, 0.3) is 0 Å². The summed E-state index contributed by atoms with van der Waals surface area (Å²) >= 11 is 3.45. The number of aryl methyl sites for hydroxylation is 2. The Kier molecular flexibility index (Phi) is 5.92. The van der Waals surface area contributed by atoms with E-state index in [-0.39, 0.29) is 30.6 Å². The number of hydrogen-bond donors (Lipinski definition) is 0. The monoisotopic (exact) mass is 413 g/mol. The molecule has 136 valence electrons. The van der Waals surface area contributed by atoms with E-state index in [1.807, 2.05) is 49.1 Å². The zero-order chi connectivity index (χ0) is 18.7. The minimum atomic E-state index is 0.0424. The third-order valence-corrected chi connectivity index (χ3v) is 5.75. The Morgan fingerprint density at radius 1 is 1.04 bits per heavy atom. The lowest BCUT2D eigenvalue weighted by Crippen LogP contribution is -2.30. The summed E-state index contributed by atoms with van der Waals surface area (Å²) in [5.74, 6) is 0.119. The minimum absolute atomic E-state index is 0.0424. The third kappa shape index (κ3) is 4.24. The van der Waals surface area contributed by atoms with Crippen molar-refractivity contribution in [1.82, 2.24) is 4.90 Å². The Labute approximate surface area is 163 Å². The molecule has 0 spiro atoms. The number of rotatable bonds is 5. The van der Waals surface area contributed by atoms with Crippen LogP contribution < -0.4 is 0 Å². The normalized spacial score (nSPS) is 16.7. The van der Waals surface area contributed by atoms with Gasteiger partial charge in [-0.3, -0.25) is 9.59 Å². The number of ketones is 1. The van der Waals surface area contributed by atoms with Gasteiger partial charge >= 0.3 is 0 Å². The molecule has 2 aromatic carbocycles. The van der Waals surface area contributed by atoms with Crippen molar-refractivity contribution in [2.45, 2.75) is 45.6 Å². The van der Waals surface area contributed by atoms with Gasteiger partial charge in [0.1, 0.15) is 0 Å². The molecule has 1 saturated heterocycles. The number of benzene rings is 2. The predicted octanol–water partition coefficient (Wildman–Crippen LogP) is 5.39. The maximum atomic E-state index is 12.7. The quantitative estimate of drug-likeness (QED) is 0.615. The number of nitrogens with zero attached hydrogens (tertiary/aromatic N) is 1. The second-order valence-corrected chi connectivity index (χ2v) is 7.93. The summed E-state index contributed by atoms with van der Waals surface area (Å²) in [7, 11) is 0. The minimum Gasteiger partial charge on any atom is -0.336 e. The number of Topliss-reactive ketones (excluding diaryl/α,β-unsaturated/α-hetero) is 1. The van der Waals surface area contributed by atoms with E-state index >= 15 is 0 Å². The number of carbonyl (C=O) groups is 2. The van der Waals surface area contributed by atoms with Crippen LogP contribution in [-0.4, -0.2) is 23.1 Å². The molecule has 0 radical (unpaired) electrons. The van der Waals surface area contributed by atoms with Crippen LogP contribution in [0.5, 0.6) is 0 Å². The highest BCUT2D eigenvalue weighted by molar-refractivity contribution is 9.10. The number of halogens is 1. The molecule has 0 aliphatic carbocycles. The lowest BCUT2D eigenvalue weighted by molar-refractivity contribution is -0.132. The number of hydrogen-bond acceptors (Lipinski definition) is 2. The van der Waals surface area contributed by atoms with E-state index < -0.39 is 0 Å². The van der Waals surface area contributed by atoms with Crippen LogP contribution in [0.15, 0.2) is 46.9 Å². The fourth-order valence-corrected chi connectivity index (χ4v) is 3.78. The van der Waals surface area contributed by atoms with E-state index in [0.29, 0.717) is 5.56 Å². The fourth-order valence-electron chi connectivity index (χ4n) is 3.52. The van der Waals surface area contributed by atoms with Gasteiger partial charge in [-0.05, 0) is 61.6 Å². The Bertz CT molecular complexity index is 813. The molecule has 1 aliphatic rings. The van der Waals surface area contributed by atoms with Gasteiger partial charge in [0.05, 0.1) is 6.04 Å². The molecule has 2 aromatic rings. The van der Waals surface area contributed by atoms with Crippen molar-refractivity contribution in [2.75, 3.05) is 6.54 Å². The van der Waals surface area contributed by atoms with E-state index in [4.69, 9.17) is 0 Å². The Morgan fingerprint density at radius 2 is 1.77 bits per heavy atom. The van der Waals surface area contributed by atoms with Gasteiger partial charge in [-0.25, -0.2) is 0 Å². The largest absolute Gasteiger partial charge is 0.336 e. The summed E-state index contributed by atoms with van der Waals surface area (Å²) in [6, 6.07) is 14.0. The van der Waals surface area contributed by atoms with Crippen LogP contribution in [0.1, 0.15) is 58.8 Å². The van der Waals surface area contributed by atoms with E-state index in [1.54, 1.807) is 0 Å².